The number of unbranched alkanes of at least 4 members (excludes halogenated alkanes) is 2. The van der Waals surface area contributed by atoms with Crippen LogP contribution in [0, 0.1) is 5.92 Å². The molecule has 1 aliphatic heterocycles. The molecule has 6 nitrogen and oxygen atoms in total. The third-order valence-corrected chi connectivity index (χ3v) is 3.75. The van der Waals surface area contributed by atoms with Gasteiger partial charge in [0.15, 0.2) is 0 Å². The lowest BCUT2D eigenvalue weighted by Gasteiger charge is -2.18. The SMILES string of the molecule is CN(C)CCCN1CC(C(=O)NCCCCCO)CC1=O. The van der Waals surface area contributed by atoms with E-state index < -0.39 is 0 Å². The molecule has 122 valence electrons. The zero-order chi connectivity index (χ0) is 15.7. The quantitative estimate of drug-likeness (QED) is 0.560. The molecular weight excluding hydrogens is 270 g/mol. The Morgan fingerprint density at radius 3 is 2.76 bits per heavy atom. The van der Waals surface area contributed by atoms with Gasteiger partial charge in [0.25, 0.3) is 0 Å². The Hall–Kier alpha value is -1.14. The predicted octanol–water partition coefficient (Wildman–Crippen LogP) is 0.0654. The molecule has 6 heteroatoms. The lowest BCUT2D eigenvalue weighted by molar-refractivity contribution is -0.129. The van der Waals surface area contributed by atoms with Crippen LogP contribution in [0.5, 0.6) is 0 Å². The number of carbonyl (C=O) groups excluding carboxylic acids is 2. The molecule has 2 amide bonds. The molecular formula is C15H29N3O3. The fourth-order valence-electron chi connectivity index (χ4n) is 2.51. The minimum Gasteiger partial charge on any atom is -0.396 e. The summed E-state index contributed by atoms with van der Waals surface area (Å²) in [6, 6.07) is 0. The normalized spacial score (nSPS) is 18.6. The fourth-order valence-corrected chi connectivity index (χ4v) is 2.51. The van der Waals surface area contributed by atoms with Gasteiger partial charge in [0, 0.05) is 32.7 Å². The molecule has 0 saturated carbocycles. The maximum Gasteiger partial charge on any atom is 0.225 e. The van der Waals surface area contributed by atoms with Crippen molar-refractivity contribution in [1.82, 2.24) is 15.1 Å². The first-order valence-corrected chi connectivity index (χ1v) is 7.85. The second kappa shape index (κ2) is 9.73. The summed E-state index contributed by atoms with van der Waals surface area (Å²) in [5.74, 6) is -0.119. The molecule has 1 saturated heterocycles. The van der Waals surface area contributed by atoms with Crippen molar-refractivity contribution < 1.29 is 14.7 Å². The molecule has 0 bridgehead atoms. The first-order chi connectivity index (χ1) is 10.0. The van der Waals surface area contributed by atoms with Gasteiger partial charge in [0.1, 0.15) is 0 Å². The van der Waals surface area contributed by atoms with Crippen LogP contribution < -0.4 is 5.32 Å². The van der Waals surface area contributed by atoms with Crippen LogP contribution in [0.2, 0.25) is 0 Å². The van der Waals surface area contributed by atoms with Crippen LogP contribution >= 0.6 is 0 Å². The van der Waals surface area contributed by atoms with E-state index in [2.05, 4.69) is 10.2 Å². The highest BCUT2D eigenvalue weighted by Gasteiger charge is 2.33. The van der Waals surface area contributed by atoms with Gasteiger partial charge < -0.3 is 20.2 Å². The zero-order valence-electron chi connectivity index (χ0n) is 13.3. The van der Waals surface area contributed by atoms with Crippen molar-refractivity contribution in [1.29, 1.82) is 0 Å². The Morgan fingerprint density at radius 1 is 1.33 bits per heavy atom. The lowest BCUT2D eigenvalue weighted by atomic mass is 10.1. The second-order valence-electron chi connectivity index (χ2n) is 5.97. The van der Waals surface area contributed by atoms with E-state index >= 15 is 0 Å². The Bertz CT molecular complexity index is 334. The Balaban J connectivity index is 2.21. The summed E-state index contributed by atoms with van der Waals surface area (Å²) in [5.41, 5.74) is 0. The van der Waals surface area contributed by atoms with Crippen LogP contribution in [0.3, 0.4) is 0 Å². The molecule has 1 unspecified atom stereocenters. The standard InChI is InChI=1S/C15H29N3O3/c1-17(2)8-6-9-18-12-13(11-14(18)20)15(21)16-7-4-3-5-10-19/h13,19H,3-12H2,1-2H3,(H,16,21). The molecule has 1 heterocycles. The molecule has 1 atom stereocenters. The summed E-state index contributed by atoms with van der Waals surface area (Å²) in [6.07, 6.45) is 3.84. The van der Waals surface area contributed by atoms with Crippen molar-refractivity contribution in [3.63, 3.8) is 0 Å². The molecule has 0 aliphatic carbocycles. The summed E-state index contributed by atoms with van der Waals surface area (Å²) < 4.78 is 0. The fraction of sp³-hybridized carbons (Fsp3) is 0.867. The maximum absolute atomic E-state index is 12.0. The number of nitrogens with zero attached hydrogens (tertiary/aromatic N) is 2. The van der Waals surface area contributed by atoms with E-state index in [1.54, 1.807) is 4.90 Å². The predicted molar refractivity (Wildman–Crippen MR) is 81.8 cm³/mol. The summed E-state index contributed by atoms with van der Waals surface area (Å²) in [5, 5.41) is 11.6. The highest BCUT2D eigenvalue weighted by atomic mass is 16.3. The molecule has 1 fully saturated rings. The van der Waals surface area contributed by atoms with Crippen LogP contribution in [-0.2, 0) is 9.59 Å². The first kappa shape index (κ1) is 17.9. The third-order valence-electron chi connectivity index (χ3n) is 3.75. The molecule has 0 spiro atoms. The van der Waals surface area contributed by atoms with Crippen molar-refractivity contribution in [3.8, 4) is 0 Å². The van der Waals surface area contributed by atoms with Gasteiger partial charge in [-0.15, -0.1) is 0 Å². The van der Waals surface area contributed by atoms with E-state index in [1.807, 2.05) is 14.1 Å². The van der Waals surface area contributed by atoms with Crippen LogP contribution in [0.25, 0.3) is 0 Å². The third kappa shape index (κ3) is 6.91. The number of carbonyl (C=O) groups is 2. The maximum atomic E-state index is 12.0. The molecule has 0 aromatic carbocycles. The monoisotopic (exact) mass is 299 g/mol. The van der Waals surface area contributed by atoms with Gasteiger partial charge >= 0.3 is 0 Å². The van der Waals surface area contributed by atoms with Crippen molar-refractivity contribution in [2.75, 3.05) is 46.9 Å². The number of likely N-dealkylation sites (tertiary alicyclic amines) is 1. The number of amides is 2. The van der Waals surface area contributed by atoms with Crippen molar-refractivity contribution in [3.05, 3.63) is 0 Å². The summed E-state index contributed by atoms with van der Waals surface area (Å²) in [6.45, 7) is 3.06. The summed E-state index contributed by atoms with van der Waals surface area (Å²) in [4.78, 5) is 27.8. The van der Waals surface area contributed by atoms with E-state index in [1.165, 1.54) is 0 Å². The number of nitrogens with one attached hydrogen (secondary N) is 1. The van der Waals surface area contributed by atoms with E-state index in [4.69, 9.17) is 5.11 Å². The summed E-state index contributed by atoms with van der Waals surface area (Å²) >= 11 is 0. The molecule has 2 N–H and O–H groups in total. The molecule has 0 radical (unpaired) electrons. The second-order valence-corrected chi connectivity index (χ2v) is 5.97. The largest absolute Gasteiger partial charge is 0.396 e. The van der Waals surface area contributed by atoms with E-state index in [9.17, 15) is 9.59 Å². The summed E-state index contributed by atoms with van der Waals surface area (Å²) in [7, 11) is 4.03. The average molecular weight is 299 g/mol. The molecule has 21 heavy (non-hydrogen) atoms. The minimum absolute atomic E-state index is 0.0116. The highest BCUT2D eigenvalue weighted by molar-refractivity contribution is 5.89. The van der Waals surface area contributed by atoms with E-state index in [0.717, 1.165) is 38.8 Å². The molecule has 1 rings (SSSR count). The van der Waals surface area contributed by atoms with E-state index in [-0.39, 0.29) is 24.3 Å². The molecule has 0 aromatic rings. The zero-order valence-corrected chi connectivity index (χ0v) is 13.3. The highest BCUT2D eigenvalue weighted by Crippen LogP contribution is 2.18. The number of rotatable bonds is 10. The van der Waals surface area contributed by atoms with Gasteiger partial charge in [-0.3, -0.25) is 9.59 Å². The molecule has 0 aromatic heterocycles. The van der Waals surface area contributed by atoms with Crippen molar-refractivity contribution in [2.24, 2.45) is 5.92 Å². The number of aliphatic hydroxyl groups excluding tert-OH is 1. The minimum atomic E-state index is -0.199. The van der Waals surface area contributed by atoms with Gasteiger partial charge in [-0.25, -0.2) is 0 Å². The van der Waals surface area contributed by atoms with Gasteiger partial charge in [0.05, 0.1) is 5.92 Å². The van der Waals surface area contributed by atoms with Gasteiger partial charge in [-0.05, 0) is 46.3 Å². The Labute approximate surface area is 127 Å². The van der Waals surface area contributed by atoms with Crippen LogP contribution in [0.1, 0.15) is 32.1 Å². The van der Waals surface area contributed by atoms with Crippen LogP contribution in [0.15, 0.2) is 0 Å². The van der Waals surface area contributed by atoms with E-state index in [0.29, 0.717) is 19.5 Å². The Kier molecular flexibility index (Phi) is 8.30. The topological polar surface area (TPSA) is 72.9 Å². The average Bonchev–Trinajstić information content (AvgIpc) is 2.79. The van der Waals surface area contributed by atoms with Crippen molar-refractivity contribution in [2.45, 2.75) is 32.1 Å². The Morgan fingerprint density at radius 2 is 2.10 bits per heavy atom. The molecule has 1 aliphatic rings. The van der Waals surface area contributed by atoms with Gasteiger partial charge in [0.2, 0.25) is 11.8 Å². The number of hydrogen-bond acceptors (Lipinski definition) is 4. The van der Waals surface area contributed by atoms with Crippen molar-refractivity contribution >= 4 is 11.8 Å². The van der Waals surface area contributed by atoms with Crippen LogP contribution in [-0.4, -0.2) is 73.6 Å². The smallest absolute Gasteiger partial charge is 0.225 e. The first-order valence-electron chi connectivity index (χ1n) is 7.85. The number of hydrogen-bond donors (Lipinski definition) is 2. The van der Waals surface area contributed by atoms with Gasteiger partial charge in [-0.1, -0.05) is 0 Å². The number of aliphatic hydroxyl groups is 1. The van der Waals surface area contributed by atoms with Gasteiger partial charge in [-0.2, -0.15) is 0 Å². The lowest BCUT2D eigenvalue weighted by Crippen LogP contribution is -2.34. The van der Waals surface area contributed by atoms with Crippen LogP contribution in [0.4, 0.5) is 0 Å².